The van der Waals surface area contributed by atoms with Crippen molar-refractivity contribution >= 4 is 11.6 Å². The first-order valence-electron chi connectivity index (χ1n) is 8.61. The molecule has 1 N–H and O–H groups in total. The maximum Gasteiger partial charge on any atom is 0.183 e. The smallest absolute Gasteiger partial charge is 0.183 e. The van der Waals surface area contributed by atoms with Gasteiger partial charge in [-0.1, -0.05) is 0 Å². The molecule has 25 heavy (non-hydrogen) atoms. The predicted molar refractivity (Wildman–Crippen MR) is 93.5 cm³/mol. The van der Waals surface area contributed by atoms with Crippen molar-refractivity contribution in [2.45, 2.75) is 12.8 Å². The molecular formula is C17H20N8. The molecule has 0 atom stereocenters. The van der Waals surface area contributed by atoms with E-state index in [1.165, 1.54) is 5.56 Å². The van der Waals surface area contributed by atoms with Crippen molar-refractivity contribution in [3.63, 3.8) is 0 Å². The van der Waals surface area contributed by atoms with Crippen molar-refractivity contribution in [2.75, 3.05) is 49.1 Å². The summed E-state index contributed by atoms with van der Waals surface area (Å²) < 4.78 is 0. The van der Waals surface area contributed by atoms with E-state index in [1.807, 2.05) is 0 Å². The molecule has 0 bridgehead atoms. The summed E-state index contributed by atoms with van der Waals surface area (Å²) in [6.45, 7) is 5.23. The van der Waals surface area contributed by atoms with Crippen molar-refractivity contribution in [3.8, 4) is 6.07 Å². The van der Waals surface area contributed by atoms with Gasteiger partial charge in [-0.15, -0.1) is 0 Å². The lowest BCUT2D eigenvalue weighted by atomic mass is 10.1. The van der Waals surface area contributed by atoms with E-state index in [0.717, 1.165) is 63.6 Å². The zero-order valence-electron chi connectivity index (χ0n) is 14.0. The second kappa shape index (κ2) is 6.99. The summed E-state index contributed by atoms with van der Waals surface area (Å²) in [6, 6.07) is 2.13. The summed E-state index contributed by atoms with van der Waals surface area (Å²) >= 11 is 0. The molecule has 0 spiro atoms. The molecule has 0 amide bonds. The summed E-state index contributed by atoms with van der Waals surface area (Å²) in [7, 11) is 0. The molecule has 0 aliphatic carbocycles. The minimum absolute atomic E-state index is 0.387. The molecule has 1 fully saturated rings. The Labute approximate surface area is 146 Å². The number of rotatable bonds is 2. The highest BCUT2D eigenvalue weighted by Gasteiger charge is 2.24. The summed E-state index contributed by atoms with van der Waals surface area (Å²) in [6.07, 6.45) is 6.80. The van der Waals surface area contributed by atoms with Crippen molar-refractivity contribution in [1.29, 1.82) is 5.26 Å². The maximum absolute atomic E-state index is 9.23. The molecule has 2 aliphatic heterocycles. The van der Waals surface area contributed by atoms with Gasteiger partial charge in [-0.05, 0) is 13.0 Å². The Morgan fingerprint density at radius 1 is 0.880 bits per heavy atom. The van der Waals surface area contributed by atoms with Gasteiger partial charge in [-0.25, -0.2) is 19.9 Å². The van der Waals surface area contributed by atoms with E-state index < -0.39 is 0 Å². The molecule has 128 valence electrons. The van der Waals surface area contributed by atoms with E-state index in [1.54, 1.807) is 18.7 Å². The predicted octanol–water partition coefficient (Wildman–Crippen LogP) is 0.153. The standard InChI is InChI=1S/C17H20N8/c18-11-15-17(21-6-5-20-15)25-9-7-24(8-10-25)16-13-1-3-19-4-2-14(13)22-12-23-16/h5-6,12,19H,1-4,7-10H2. The Bertz CT molecular complexity index is 791. The fraction of sp³-hybridized carbons (Fsp3) is 0.471. The molecule has 4 rings (SSSR count). The van der Waals surface area contributed by atoms with Crippen LogP contribution in [0.3, 0.4) is 0 Å². The normalized spacial score (nSPS) is 17.6. The zero-order valence-corrected chi connectivity index (χ0v) is 14.0. The molecule has 2 aromatic rings. The van der Waals surface area contributed by atoms with Gasteiger partial charge in [0.15, 0.2) is 11.5 Å². The highest BCUT2D eigenvalue weighted by molar-refractivity contribution is 5.54. The lowest BCUT2D eigenvalue weighted by Crippen LogP contribution is -2.47. The molecule has 2 aliphatic rings. The van der Waals surface area contributed by atoms with Crippen LogP contribution in [0.5, 0.6) is 0 Å². The van der Waals surface area contributed by atoms with Crippen LogP contribution in [-0.2, 0) is 12.8 Å². The van der Waals surface area contributed by atoms with E-state index >= 15 is 0 Å². The van der Waals surface area contributed by atoms with Crippen molar-refractivity contribution in [2.24, 2.45) is 0 Å². The van der Waals surface area contributed by atoms with Crippen LogP contribution in [0.4, 0.5) is 11.6 Å². The number of fused-ring (bicyclic) bond motifs is 1. The molecule has 0 saturated carbocycles. The molecule has 0 radical (unpaired) electrons. The van der Waals surface area contributed by atoms with Crippen LogP contribution in [0.1, 0.15) is 17.0 Å². The third-order valence-corrected chi connectivity index (χ3v) is 4.77. The van der Waals surface area contributed by atoms with E-state index in [4.69, 9.17) is 0 Å². The number of anilines is 2. The minimum Gasteiger partial charge on any atom is -0.353 e. The van der Waals surface area contributed by atoms with Gasteiger partial charge < -0.3 is 15.1 Å². The lowest BCUT2D eigenvalue weighted by Gasteiger charge is -2.37. The molecule has 0 aromatic carbocycles. The monoisotopic (exact) mass is 336 g/mol. The Hall–Kier alpha value is -2.79. The Morgan fingerprint density at radius 3 is 2.40 bits per heavy atom. The number of nitriles is 1. The largest absolute Gasteiger partial charge is 0.353 e. The fourth-order valence-electron chi connectivity index (χ4n) is 3.50. The highest BCUT2D eigenvalue weighted by Crippen LogP contribution is 2.24. The lowest BCUT2D eigenvalue weighted by molar-refractivity contribution is 0.635. The van der Waals surface area contributed by atoms with Crippen molar-refractivity contribution in [1.82, 2.24) is 25.3 Å². The van der Waals surface area contributed by atoms with E-state index in [-0.39, 0.29) is 0 Å². The third-order valence-electron chi connectivity index (χ3n) is 4.77. The third kappa shape index (κ3) is 3.10. The van der Waals surface area contributed by atoms with Gasteiger partial charge >= 0.3 is 0 Å². The first-order valence-corrected chi connectivity index (χ1v) is 8.61. The SMILES string of the molecule is N#Cc1nccnc1N1CCN(c2ncnc3c2CCNCC3)CC1. The highest BCUT2D eigenvalue weighted by atomic mass is 15.3. The van der Waals surface area contributed by atoms with Gasteiger partial charge in [-0.3, -0.25) is 0 Å². The topological polar surface area (TPSA) is 93.9 Å². The Kier molecular flexibility index (Phi) is 4.39. The number of nitrogens with zero attached hydrogens (tertiary/aromatic N) is 7. The average molecular weight is 336 g/mol. The molecule has 8 heteroatoms. The maximum atomic E-state index is 9.23. The quantitative estimate of drug-likeness (QED) is 0.828. The number of hydrogen-bond acceptors (Lipinski definition) is 8. The fourth-order valence-corrected chi connectivity index (χ4v) is 3.50. The van der Waals surface area contributed by atoms with Gasteiger partial charge in [0.1, 0.15) is 18.2 Å². The molecule has 0 unspecified atom stereocenters. The summed E-state index contributed by atoms with van der Waals surface area (Å²) in [5.41, 5.74) is 2.83. The van der Waals surface area contributed by atoms with Gasteiger partial charge in [0.05, 0.1) is 5.69 Å². The second-order valence-electron chi connectivity index (χ2n) is 6.19. The second-order valence-corrected chi connectivity index (χ2v) is 6.19. The first kappa shape index (κ1) is 15.7. The van der Waals surface area contributed by atoms with Gasteiger partial charge in [0.25, 0.3) is 0 Å². The molecule has 1 saturated heterocycles. The van der Waals surface area contributed by atoms with Crippen LogP contribution in [0.15, 0.2) is 18.7 Å². The van der Waals surface area contributed by atoms with Gasteiger partial charge in [0.2, 0.25) is 0 Å². The van der Waals surface area contributed by atoms with Crippen LogP contribution < -0.4 is 15.1 Å². The average Bonchev–Trinajstić information content (AvgIpc) is 2.93. The van der Waals surface area contributed by atoms with Gasteiger partial charge in [0, 0.05) is 57.1 Å². The van der Waals surface area contributed by atoms with E-state index in [9.17, 15) is 5.26 Å². The summed E-state index contributed by atoms with van der Waals surface area (Å²) in [5, 5.41) is 12.7. The van der Waals surface area contributed by atoms with Gasteiger partial charge in [-0.2, -0.15) is 5.26 Å². The molecule has 4 heterocycles. The summed E-state index contributed by atoms with van der Waals surface area (Å²) in [5.74, 6) is 1.74. The Morgan fingerprint density at radius 2 is 1.60 bits per heavy atom. The number of nitrogens with one attached hydrogen (secondary N) is 1. The number of aromatic nitrogens is 4. The van der Waals surface area contributed by atoms with Crippen LogP contribution in [-0.4, -0.2) is 59.2 Å². The Balaban J connectivity index is 1.52. The van der Waals surface area contributed by atoms with E-state index in [0.29, 0.717) is 11.5 Å². The van der Waals surface area contributed by atoms with Crippen LogP contribution >= 0.6 is 0 Å². The molecule has 2 aromatic heterocycles. The zero-order chi connectivity index (χ0) is 17.1. The number of hydrogen-bond donors (Lipinski definition) is 1. The van der Waals surface area contributed by atoms with Crippen LogP contribution in [0, 0.1) is 11.3 Å². The van der Waals surface area contributed by atoms with Crippen LogP contribution in [0.2, 0.25) is 0 Å². The van der Waals surface area contributed by atoms with Crippen molar-refractivity contribution < 1.29 is 0 Å². The first-order chi connectivity index (χ1) is 12.4. The summed E-state index contributed by atoms with van der Waals surface area (Å²) in [4.78, 5) is 22.0. The number of piperazine rings is 1. The minimum atomic E-state index is 0.387. The van der Waals surface area contributed by atoms with Crippen LogP contribution in [0.25, 0.3) is 0 Å². The molecular weight excluding hydrogens is 316 g/mol. The van der Waals surface area contributed by atoms with E-state index in [2.05, 4.69) is 41.1 Å². The molecule has 8 nitrogen and oxygen atoms in total. The van der Waals surface area contributed by atoms with Crippen molar-refractivity contribution in [3.05, 3.63) is 35.7 Å².